The Balaban J connectivity index is 0.000000259. The summed E-state index contributed by atoms with van der Waals surface area (Å²) in [4.78, 5) is -0.0648. The van der Waals surface area contributed by atoms with Crippen LogP contribution in [0.25, 0.3) is 0 Å². The van der Waals surface area contributed by atoms with Gasteiger partial charge >= 0.3 is 0 Å². The van der Waals surface area contributed by atoms with Gasteiger partial charge in [-0.2, -0.15) is 0 Å². The monoisotopic (exact) mass is 568 g/mol. The number of hydrogen-bond acceptors (Lipinski definition) is 3. The second kappa shape index (κ2) is 14.3. The Bertz CT molecular complexity index is 1330. The fourth-order valence-electron chi connectivity index (χ4n) is 6.00. The molecule has 216 valence electrons. The largest absolute Gasteiger partial charge is 0.313 e. The van der Waals surface area contributed by atoms with E-state index < -0.39 is 15.8 Å². The van der Waals surface area contributed by atoms with Crippen molar-refractivity contribution in [1.29, 1.82) is 0 Å². The van der Waals surface area contributed by atoms with E-state index in [4.69, 9.17) is 0 Å². The van der Waals surface area contributed by atoms with Crippen molar-refractivity contribution in [3.8, 4) is 0 Å². The molecule has 3 aromatic rings. The summed E-state index contributed by atoms with van der Waals surface area (Å²) in [5.41, 5.74) is 3.98. The highest BCUT2D eigenvalue weighted by atomic mass is 32.2. The van der Waals surface area contributed by atoms with E-state index in [2.05, 4.69) is 47.3 Å². The van der Waals surface area contributed by atoms with Gasteiger partial charge in [-0.1, -0.05) is 62.2 Å². The van der Waals surface area contributed by atoms with E-state index in [1.165, 1.54) is 67.6 Å². The molecule has 2 aliphatic rings. The molecule has 40 heavy (non-hydrogen) atoms. The van der Waals surface area contributed by atoms with E-state index >= 15 is 0 Å². The van der Waals surface area contributed by atoms with Gasteiger partial charge in [-0.15, -0.1) is 0 Å². The lowest BCUT2D eigenvalue weighted by atomic mass is 9.82. The summed E-state index contributed by atoms with van der Waals surface area (Å²) in [6.45, 7) is 3.54. The summed E-state index contributed by atoms with van der Waals surface area (Å²) < 4.78 is 50.6. The summed E-state index contributed by atoms with van der Waals surface area (Å²) in [5.74, 6) is 1.64. The minimum absolute atomic E-state index is 0.0648. The van der Waals surface area contributed by atoms with E-state index in [9.17, 15) is 17.2 Å². The van der Waals surface area contributed by atoms with Gasteiger partial charge in [0.15, 0.2) is 0 Å². The third kappa shape index (κ3) is 8.69. The average Bonchev–Trinajstić information content (AvgIpc) is 3.12. The molecule has 7 heteroatoms. The molecule has 2 unspecified atom stereocenters. The summed E-state index contributed by atoms with van der Waals surface area (Å²) in [5, 5.41) is 3.97. The smallest absolute Gasteiger partial charge is 0.240 e. The highest BCUT2D eigenvalue weighted by molar-refractivity contribution is 7.89. The molecule has 4 nitrogen and oxygen atoms in total. The molecule has 0 saturated heterocycles. The van der Waals surface area contributed by atoms with E-state index in [-0.39, 0.29) is 10.7 Å². The molecule has 1 fully saturated rings. The first-order valence-electron chi connectivity index (χ1n) is 14.5. The number of fused-ring (bicyclic) bond motifs is 1. The van der Waals surface area contributed by atoms with Gasteiger partial charge in [0.25, 0.3) is 0 Å². The molecule has 2 N–H and O–H groups in total. The van der Waals surface area contributed by atoms with Crippen molar-refractivity contribution >= 4 is 10.0 Å². The Hall–Kier alpha value is -2.61. The number of aryl methyl sites for hydroxylation is 1. The van der Waals surface area contributed by atoms with Crippen molar-refractivity contribution in [3.05, 3.63) is 101 Å². The molecule has 0 aromatic heterocycles. The highest BCUT2D eigenvalue weighted by Gasteiger charge is 2.28. The number of benzene rings is 3. The Labute approximate surface area is 238 Å². The maximum atomic E-state index is 13.8. The lowest BCUT2D eigenvalue weighted by molar-refractivity contribution is 0.253. The Morgan fingerprint density at radius 1 is 0.825 bits per heavy atom. The molecular weight excluding hydrogens is 526 g/mol. The van der Waals surface area contributed by atoms with Crippen LogP contribution in [-0.2, 0) is 29.3 Å². The van der Waals surface area contributed by atoms with Gasteiger partial charge in [-0.25, -0.2) is 21.9 Å². The van der Waals surface area contributed by atoms with Gasteiger partial charge in [-0.3, -0.25) is 0 Å². The standard InChI is InChI=1S/C26H34FN.C7H8FNO2S/c1-19-7-9-21(10-8-19)18-28-26-14-12-23-17-25(27)13-11-22(23)16-24(26)15-20-5-3-2-4-6-20;1-9-12(10,11)7-4-2-3-6(8)5-7/h2-6,11,13,17,19,21,24,26,28H,7-10,12,14-16,18H2,1H3;2-5,9H,1H3. The quantitative estimate of drug-likeness (QED) is 0.312. The van der Waals surface area contributed by atoms with Crippen LogP contribution in [0.1, 0.15) is 55.7 Å². The van der Waals surface area contributed by atoms with Crippen molar-refractivity contribution in [2.45, 2.75) is 69.2 Å². The van der Waals surface area contributed by atoms with Crippen LogP contribution in [0.3, 0.4) is 0 Å². The molecule has 0 amide bonds. The second-order valence-electron chi connectivity index (χ2n) is 11.4. The topological polar surface area (TPSA) is 58.2 Å². The average molecular weight is 569 g/mol. The van der Waals surface area contributed by atoms with Crippen molar-refractivity contribution in [2.24, 2.45) is 17.8 Å². The second-order valence-corrected chi connectivity index (χ2v) is 13.3. The van der Waals surface area contributed by atoms with Gasteiger partial charge in [0.1, 0.15) is 11.6 Å². The summed E-state index contributed by atoms with van der Waals surface area (Å²) in [6.07, 6.45) is 9.74. The third-order valence-corrected chi connectivity index (χ3v) is 9.88. The molecule has 5 rings (SSSR count). The summed E-state index contributed by atoms with van der Waals surface area (Å²) in [6, 6.07) is 21.6. The molecule has 0 bridgehead atoms. The van der Waals surface area contributed by atoms with E-state index in [1.807, 2.05) is 6.07 Å². The number of halogens is 2. The fourth-order valence-corrected chi connectivity index (χ4v) is 6.76. The highest BCUT2D eigenvalue weighted by Crippen LogP contribution is 2.31. The Morgan fingerprint density at radius 2 is 1.55 bits per heavy atom. The van der Waals surface area contributed by atoms with Crippen LogP contribution in [0.2, 0.25) is 0 Å². The van der Waals surface area contributed by atoms with Crippen molar-refractivity contribution in [3.63, 3.8) is 0 Å². The lowest BCUT2D eigenvalue weighted by Gasteiger charge is -2.31. The van der Waals surface area contributed by atoms with Gasteiger partial charge in [-0.05, 0) is 117 Å². The first kappa shape index (κ1) is 30.4. The molecule has 0 heterocycles. The predicted molar refractivity (Wildman–Crippen MR) is 158 cm³/mol. The van der Waals surface area contributed by atoms with Gasteiger partial charge in [0.2, 0.25) is 10.0 Å². The fraction of sp³-hybridized carbons (Fsp3) is 0.455. The minimum atomic E-state index is -3.51. The minimum Gasteiger partial charge on any atom is -0.313 e. The first-order chi connectivity index (χ1) is 19.2. The number of hydrogen-bond donors (Lipinski definition) is 2. The zero-order valence-corrected chi connectivity index (χ0v) is 24.4. The molecule has 3 aromatic carbocycles. The van der Waals surface area contributed by atoms with E-state index in [1.54, 1.807) is 12.1 Å². The molecule has 2 aliphatic carbocycles. The van der Waals surface area contributed by atoms with Crippen molar-refractivity contribution in [2.75, 3.05) is 13.6 Å². The van der Waals surface area contributed by atoms with Crippen LogP contribution < -0.4 is 10.0 Å². The maximum Gasteiger partial charge on any atom is 0.240 e. The van der Waals surface area contributed by atoms with Crippen LogP contribution in [0.4, 0.5) is 8.78 Å². The molecule has 0 spiro atoms. The Morgan fingerprint density at radius 3 is 2.25 bits per heavy atom. The normalized spacial score (nSPS) is 22.9. The van der Waals surface area contributed by atoms with Gasteiger partial charge < -0.3 is 5.32 Å². The van der Waals surface area contributed by atoms with Crippen LogP contribution in [0.15, 0.2) is 77.7 Å². The lowest BCUT2D eigenvalue weighted by Crippen LogP contribution is -2.41. The molecule has 0 radical (unpaired) electrons. The van der Waals surface area contributed by atoms with Gasteiger partial charge in [0.05, 0.1) is 4.90 Å². The van der Waals surface area contributed by atoms with E-state index in [0.29, 0.717) is 12.0 Å². The van der Waals surface area contributed by atoms with Gasteiger partial charge in [0, 0.05) is 6.04 Å². The molecule has 0 aliphatic heterocycles. The van der Waals surface area contributed by atoms with Crippen LogP contribution >= 0.6 is 0 Å². The predicted octanol–water partition coefficient (Wildman–Crippen LogP) is 6.69. The summed E-state index contributed by atoms with van der Waals surface area (Å²) >= 11 is 0. The first-order valence-corrected chi connectivity index (χ1v) is 16.0. The van der Waals surface area contributed by atoms with Crippen molar-refractivity contribution < 1.29 is 17.2 Å². The molecule has 1 saturated carbocycles. The Kier molecular flexibility index (Phi) is 10.9. The number of nitrogens with one attached hydrogen (secondary N) is 2. The van der Waals surface area contributed by atoms with Crippen molar-refractivity contribution in [1.82, 2.24) is 10.0 Å². The number of rotatable bonds is 7. The molecular formula is C33H42F2N2O2S. The molecule has 2 atom stereocenters. The van der Waals surface area contributed by atoms with Crippen LogP contribution in [0, 0.1) is 29.4 Å². The maximum absolute atomic E-state index is 13.8. The zero-order chi connectivity index (χ0) is 28.5. The van der Waals surface area contributed by atoms with Crippen LogP contribution in [0.5, 0.6) is 0 Å². The summed E-state index contributed by atoms with van der Waals surface area (Å²) in [7, 11) is -2.23. The number of sulfonamides is 1. The zero-order valence-electron chi connectivity index (χ0n) is 23.6. The van der Waals surface area contributed by atoms with E-state index in [0.717, 1.165) is 50.1 Å². The van der Waals surface area contributed by atoms with Crippen LogP contribution in [-0.4, -0.2) is 28.1 Å². The third-order valence-electron chi connectivity index (χ3n) is 8.46. The SMILES string of the molecule is CC1CCC(CNC2CCc3cc(F)ccc3CC2Cc2ccccc2)CC1.CNS(=O)(=O)c1cccc(F)c1.